The summed E-state index contributed by atoms with van der Waals surface area (Å²) in [4.78, 5) is 39.3. The number of hydrogen-bond donors (Lipinski definition) is 0. The molecule has 0 aliphatic carbocycles. The molecule has 174 valence electrons. The SMILES string of the molecule is O=C1c2oc3ccc(Cl)cc3c(=O)c2[C@@H](c2ccc([N+](=O)[O-])cc2)N1Cc1ccc2c(c1)OCO2. The van der Waals surface area contributed by atoms with Crippen LogP contribution in [0.4, 0.5) is 5.69 Å². The van der Waals surface area contributed by atoms with Gasteiger partial charge < -0.3 is 18.8 Å². The number of halogens is 1. The van der Waals surface area contributed by atoms with E-state index < -0.39 is 16.9 Å². The van der Waals surface area contributed by atoms with Gasteiger partial charge in [0, 0.05) is 23.7 Å². The molecular formula is C25H15ClN2O7. The molecule has 6 rings (SSSR count). The Morgan fingerprint density at radius 3 is 2.54 bits per heavy atom. The average molecular weight is 491 g/mol. The van der Waals surface area contributed by atoms with Gasteiger partial charge in [0.25, 0.3) is 11.6 Å². The number of non-ortho nitro benzene ring substituents is 1. The van der Waals surface area contributed by atoms with Crippen LogP contribution in [-0.2, 0) is 6.54 Å². The van der Waals surface area contributed by atoms with Crippen molar-refractivity contribution in [2.24, 2.45) is 0 Å². The first-order valence-corrected chi connectivity index (χ1v) is 11.0. The van der Waals surface area contributed by atoms with E-state index in [1.807, 2.05) is 6.07 Å². The topological polar surface area (TPSA) is 112 Å². The van der Waals surface area contributed by atoms with Gasteiger partial charge in [-0.15, -0.1) is 0 Å². The molecule has 2 aliphatic heterocycles. The van der Waals surface area contributed by atoms with Crippen LogP contribution < -0.4 is 14.9 Å². The van der Waals surface area contributed by atoms with Crippen molar-refractivity contribution in [1.29, 1.82) is 0 Å². The highest BCUT2D eigenvalue weighted by molar-refractivity contribution is 6.31. The Bertz CT molecular complexity index is 1600. The fourth-order valence-corrected chi connectivity index (χ4v) is 4.69. The molecule has 1 aromatic heterocycles. The van der Waals surface area contributed by atoms with E-state index in [0.717, 1.165) is 5.56 Å². The van der Waals surface area contributed by atoms with Crippen LogP contribution in [0.3, 0.4) is 0 Å². The van der Waals surface area contributed by atoms with Gasteiger partial charge in [-0.1, -0.05) is 17.7 Å². The van der Waals surface area contributed by atoms with E-state index >= 15 is 0 Å². The smallest absolute Gasteiger partial charge is 0.291 e. The quantitative estimate of drug-likeness (QED) is 0.297. The molecule has 0 saturated heterocycles. The number of nitro benzene ring substituents is 1. The first-order chi connectivity index (χ1) is 16.9. The van der Waals surface area contributed by atoms with Gasteiger partial charge in [0.05, 0.1) is 21.9 Å². The summed E-state index contributed by atoms with van der Waals surface area (Å²) >= 11 is 6.11. The zero-order valence-corrected chi connectivity index (χ0v) is 18.7. The fourth-order valence-electron chi connectivity index (χ4n) is 4.52. The van der Waals surface area contributed by atoms with Crippen LogP contribution in [0.15, 0.2) is 69.9 Å². The lowest BCUT2D eigenvalue weighted by Crippen LogP contribution is -2.29. The van der Waals surface area contributed by atoms with Crippen LogP contribution >= 0.6 is 11.6 Å². The number of nitrogens with zero attached hydrogens (tertiary/aromatic N) is 2. The summed E-state index contributed by atoms with van der Waals surface area (Å²) in [5.74, 6) is 0.647. The molecule has 9 nitrogen and oxygen atoms in total. The number of rotatable bonds is 4. The van der Waals surface area contributed by atoms with Crippen molar-refractivity contribution in [3.63, 3.8) is 0 Å². The summed E-state index contributed by atoms with van der Waals surface area (Å²) in [5.41, 5.74) is 1.23. The molecule has 10 heteroatoms. The van der Waals surface area contributed by atoms with Crippen molar-refractivity contribution in [1.82, 2.24) is 4.90 Å². The standard InChI is InChI=1S/C25H15ClN2O7/c26-15-4-8-18-17(10-15)23(29)21-22(14-2-5-16(6-3-14)28(31)32)27(25(30)24(21)35-18)11-13-1-7-19-20(9-13)34-12-33-19/h1-10,22H,11-12H2/t22-/m1/s1. The second-order valence-electron chi connectivity index (χ2n) is 8.19. The van der Waals surface area contributed by atoms with Gasteiger partial charge in [0.2, 0.25) is 12.6 Å². The highest BCUT2D eigenvalue weighted by Crippen LogP contribution is 2.41. The summed E-state index contributed by atoms with van der Waals surface area (Å²) in [7, 11) is 0. The van der Waals surface area contributed by atoms with Gasteiger partial charge in [-0.3, -0.25) is 19.7 Å². The summed E-state index contributed by atoms with van der Waals surface area (Å²) < 4.78 is 16.7. The summed E-state index contributed by atoms with van der Waals surface area (Å²) in [6, 6.07) is 14.9. The molecule has 1 amide bonds. The first-order valence-electron chi connectivity index (χ1n) is 10.6. The Hall–Kier alpha value is -4.37. The van der Waals surface area contributed by atoms with Crippen molar-refractivity contribution in [3.8, 4) is 11.5 Å². The molecule has 4 aromatic rings. The summed E-state index contributed by atoms with van der Waals surface area (Å²) in [6.45, 7) is 0.254. The number of nitro groups is 1. The third kappa shape index (κ3) is 3.39. The minimum absolute atomic E-state index is 0.0612. The van der Waals surface area contributed by atoms with Crippen LogP contribution in [-0.4, -0.2) is 22.5 Å². The maximum Gasteiger partial charge on any atom is 0.291 e. The third-order valence-electron chi connectivity index (χ3n) is 6.14. The lowest BCUT2D eigenvalue weighted by Gasteiger charge is -2.25. The van der Waals surface area contributed by atoms with Crippen LogP contribution in [0.5, 0.6) is 11.5 Å². The number of benzene rings is 3. The van der Waals surface area contributed by atoms with Crippen molar-refractivity contribution in [2.45, 2.75) is 12.6 Å². The molecule has 0 radical (unpaired) electrons. The number of hydrogen-bond acceptors (Lipinski definition) is 7. The fraction of sp³-hybridized carbons (Fsp3) is 0.120. The van der Waals surface area contributed by atoms with Crippen molar-refractivity contribution >= 4 is 34.2 Å². The minimum atomic E-state index is -0.816. The lowest BCUT2D eigenvalue weighted by atomic mass is 9.98. The third-order valence-corrected chi connectivity index (χ3v) is 6.37. The van der Waals surface area contributed by atoms with Crippen LogP contribution in [0, 0.1) is 10.1 Å². The van der Waals surface area contributed by atoms with Gasteiger partial charge in [-0.05, 0) is 53.6 Å². The molecule has 3 aromatic carbocycles. The van der Waals surface area contributed by atoms with Crippen molar-refractivity contribution in [2.75, 3.05) is 6.79 Å². The number of fused-ring (bicyclic) bond motifs is 3. The Labute approximate surface area is 202 Å². The van der Waals surface area contributed by atoms with E-state index in [0.29, 0.717) is 22.1 Å². The number of ether oxygens (including phenoxy) is 2. The molecule has 0 saturated carbocycles. The van der Waals surface area contributed by atoms with E-state index in [4.69, 9.17) is 25.5 Å². The minimum Gasteiger partial charge on any atom is -0.454 e. The monoisotopic (exact) mass is 490 g/mol. The summed E-state index contributed by atoms with van der Waals surface area (Å²) in [5, 5.41) is 11.8. The van der Waals surface area contributed by atoms with Gasteiger partial charge >= 0.3 is 0 Å². The van der Waals surface area contributed by atoms with E-state index in [1.165, 1.54) is 23.1 Å². The second-order valence-corrected chi connectivity index (χ2v) is 8.62. The van der Waals surface area contributed by atoms with Gasteiger partial charge in [-0.25, -0.2) is 0 Å². The zero-order chi connectivity index (χ0) is 24.3. The molecule has 1 atom stereocenters. The molecule has 35 heavy (non-hydrogen) atoms. The Morgan fingerprint density at radius 1 is 1.00 bits per heavy atom. The molecule has 0 N–H and O–H groups in total. The number of carbonyl (C=O) groups is 1. The molecule has 2 aliphatic rings. The highest BCUT2D eigenvalue weighted by atomic mass is 35.5. The van der Waals surface area contributed by atoms with Gasteiger partial charge in [0.15, 0.2) is 16.9 Å². The number of carbonyl (C=O) groups excluding carboxylic acids is 1. The maximum absolute atomic E-state index is 13.6. The Kier molecular flexibility index (Phi) is 4.75. The van der Waals surface area contributed by atoms with E-state index in [9.17, 15) is 19.7 Å². The van der Waals surface area contributed by atoms with Crippen LogP contribution in [0.2, 0.25) is 5.02 Å². The van der Waals surface area contributed by atoms with E-state index in [2.05, 4.69) is 0 Å². The molecule has 0 bridgehead atoms. The average Bonchev–Trinajstić information content (AvgIpc) is 3.43. The molecule has 0 fully saturated rings. The van der Waals surface area contributed by atoms with Crippen molar-refractivity contribution < 1.29 is 23.6 Å². The van der Waals surface area contributed by atoms with Crippen LogP contribution in [0.25, 0.3) is 11.0 Å². The maximum atomic E-state index is 13.6. The lowest BCUT2D eigenvalue weighted by molar-refractivity contribution is -0.384. The Balaban J connectivity index is 1.51. The van der Waals surface area contributed by atoms with Crippen molar-refractivity contribution in [3.05, 3.63) is 108 Å². The zero-order valence-electron chi connectivity index (χ0n) is 17.9. The summed E-state index contributed by atoms with van der Waals surface area (Å²) in [6.07, 6.45) is 0. The van der Waals surface area contributed by atoms with Crippen LogP contribution in [0.1, 0.15) is 33.3 Å². The molecule has 0 spiro atoms. The predicted octanol–water partition coefficient (Wildman–Crippen LogP) is 4.83. The highest BCUT2D eigenvalue weighted by Gasteiger charge is 2.43. The molecular weight excluding hydrogens is 476 g/mol. The molecule has 3 heterocycles. The number of amides is 1. The van der Waals surface area contributed by atoms with E-state index in [-0.39, 0.29) is 46.7 Å². The van der Waals surface area contributed by atoms with Gasteiger partial charge in [0.1, 0.15) is 5.58 Å². The predicted molar refractivity (Wildman–Crippen MR) is 125 cm³/mol. The Morgan fingerprint density at radius 2 is 1.77 bits per heavy atom. The van der Waals surface area contributed by atoms with Gasteiger partial charge in [-0.2, -0.15) is 0 Å². The molecule has 0 unspecified atom stereocenters. The largest absolute Gasteiger partial charge is 0.454 e. The first kappa shape index (κ1) is 21.2. The van der Waals surface area contributed by atoms with E-state index in [1.54, 1.807) is 36.4 Å². The second kappa shape index (κ2) is 7.85. The normalized spacial score (nSPS) is 16.1.